The van der Waals surface area contributed by atoms with Crippen LogP contribution in [-0.4, -0.2) is 46.3 Å². The van der Waals surface area contributed by atoms with Gasteiger partial charge in [-0.25, -0.2) is 18.7 Å². The van der Waals surface area contributed by atoms with Crippen molar-refractivity contribution >= 4 is 50.5 Å². The highest BCUT2D eigenvalue weighted by Gasteiger charge is 2.31. The number of carbonyl (C=O) groups is 1. The van der Waals surface area contributed by atoms with E-state index in [1.807, 2.05) is 0 Å². The second-order valence-corrected chi connectivity index (χ2v) is 9.09. The quantitative estimate of drug-likeness (QED) is 0.612. The first kappa shape index (κ1) is 20.2. The Morgan fingerprint density at radius 2 is 2.13 bits per heavy atom. The molecule has 13 heteroatoms. The molecule has 4 rings (SSSR count). The highest BCUT2D eigenvalue weighted by Crippen LogP contribution is 2.28. The Labute approximate surface area is 179 Å². The standard InChI is InChI=1S/C17H12ClFN6O3S2/c1-25-14(16(26)23-9-2-3-11(19)10(18)4-9)5-12(24-30(25,27)28)17-21-7-15(29-17)13-6-20-8-22-13/h2-8H,1H3,(H,20,22)(H,23,26). The molecule has 154 valence electrons. The van der Waals surface area contributed by atoms with Crippen LogP contribution in [0.25, 0.3) is 10.6 Å². The Bertz CT molecular complexity index is 1300. The van der Waals surface area contributed by atoms with Crippen molar-refractivity contribution in [3.8, 4) is 10.6 Å². The number of H-pyrrole nitrogens is 1. The Balaban J connectivity index is 1.67. The first-order valence-electron chi connectivity index (χ1n) is 8.26. The van der Waals surface area contributed by atoms with Gasteiger partial charge < -0.3 is 10.3 Å². The van der Waals surface area contributed by atoms with E-state index >= 15 is 0 Å². The number of thiazole rings is 1. The van der Waals surface area contributed by atoms with Crippen molar-refractivity contribution in [1.29, 1.82) is 0 Å². The number of nitrogens with zero attached hydrogens (tertiary/aromatic N) is 4. The summed E-state index contributed by atoms with van der Waals surface area (Å²) in [6, 6.07) is 3.62. The zero-order chi connectivity index (χ0) is 21.5. The lowest BCUT2D eigenvalue weighted by molar-refractivity contribution is -0.113. The van der Waals surface area contributed by atoms with Crippen LogP contribution in [0, 0.1) is 5.82 Å². The molecule has 0 saturated heterocycles. The first-order valence-corrected chi connectivity index (χ1v) is 10.9. The fraction of sp³-hybridized carbons (Fsp3) is 0.0588. The van der Waals surface area contributed by atoms with E-state index in [0.29, 0.717) is 10.7 Å². The molecule has 0 radical (unpaired) electrons. The number of amides is 1. The summed E-state index contributed by atoms with van der Waals surface area (Å²) < 4.78 is 42.8. The Morgan fingerprint density at radius 3 is 2.83 bits per heavy atom. The smallest absolute Gasteiger partial charge is 0.344 e. The van der Waals surface area contributed by atoms with Gasteiger partial charge in [0.2, 0.25) is 0 Å². The number of rotatable bonds is 4. The molecule has 30 heavy (non-hydrogen) atoms. The normalized spacial score (nSPS) is 15.5. The van der Waals surface area contributed by atoms with Crippen LogP contribution >= 0.6 is 22.9 Å². The maximum Gasteiger partial charge on any atom is 0.345 e. The number of nitrogens with one attached hydrogen (secondary N) is 2. The molecule has 0 aliphatic carbocycles. The highest BCUT2D eigenvalue weighted by atomic mass is 35.5. The Hall–Kier alpha value is -3.09. The number of hydrogen-bond donors (Lipinski definition) is 2. The van der Waals surface area contributed by atoms with Crippen LogP contribution in [0.15, 0.2) is 53.1 Å². The van der Waals surface area contributed by atoms with Gasteiger partial charge >= 0.3 is 10.2 Å². The van der Waals surface area contributed by atoms with Gasteiger partial charge in [-0.3, -0.25) is 4.79 Å². The second kappa shape index (κ2) is 7.63. The molecule has 2 N–H and O–H groups in total. The third-order valence-corrected chi connectivity index (χ3v) is 6.73. The predicted molar refractivity (Wildman–Crippen MR) is 111 cm³/mol. The molecule has 3 heterocycles. The lowest BCUT2D eigenvalue weighted by Gasteiger charge is -2.23. The minimum atomic E-state index is -4.15. The number of benzene rings is 1. The molecule has 0 unspecified atom stereocenters. The molecule has 0 bridgehead atoms. The molecule has 9 nitrogen and oxygen atoms in total. The van der Waals surface area contributed by atoms with Crippen molar-refractivity contribution in [2.75, 3.05) is 12.4 Å². The molecule has 0 saturated carbocycles. The molecule has 0 fully saturated rings. The van der Waals surface area contributed by atoms with Gasteiger partial charge in [0, 0.05) is 18.9 Å². The number of imidazole rings is 1. The zero-order valence-corrected chi connectivity index (χ0v) is 17.5. The van der Waals surface area contributed by atoms with Crippen LogP contribution in [0.3, 0.4) is 0 Å². The van der Waals surface area contributed by atoms with Gasteiger partial charge in [-0.1, -0.05) is 11.6 Å². The van der Waals surface area contributed by atoms with Gasteiger partial charge in [0.15, 0.2) is 0 Å². The molecule has 0 atom stereocenters. The average molecular weight is 467 g/mol. The molecule has 1 aromatic carbocycles. The zero-order valence-electron chi connectivity index (χ0n) is 15.1. The predicted octanol–water partition coefficient (Wildman–Crippen LogP) is 2.83. The van der Waals surface area contributed by atoms with Crippen LogP contribution in [0.5, 0.6) is 0 Å². The largest absolute Gasteiger partial charge is 0.345 e. The number of anilines is 1. The van der Waals surface area contributed by atoms with Gasteiger partial charge in [0.25, 0.3) is 5.91 Å². The molecular weight excluding hydrogens is 455 g/mol. The second-order valence-electron chi connectivity index (χ2n) is 6.03. The van der Waals surface area contributed by atoms with E-state index in [1.165, 1.54) is 42.9 Å². The van der Waals surface area contributed by atoms with E-state index in [0.717, 1.165) is 15.2 Å². The topological polar surface area (TPSA) is 120 Å². The van der Waals surface area contributed by atoms with Crippen molar-refractivity contribution in [3.05, 3.63) is 64.5 Å². The number of hydrogen-bond acceptors (Lipinski definition) is 6. The third kappa shape index (κ3) is 3.84. The van der Waals surface area contributed by atoms with Gasteiger partial charge in [0.05, 0.1) is 28.1 Å². The number of aromatic nitrogens is 3. The van der Waals surface area contributed by atoms with E-state index in [1.54, 1.807) is 12.4 Å². The molecule has 0 spiro atoms. The van der Waals surface area contributed by atoms with Crippen molar-refractivity contribution < 1.29 is 17.6 Å². The minimum Gasteiger partial charge on any atom is -0.344 e. The minimum absolute atomic E-state index is 0.0196. The van der Waals surface area contributed by atoms with E-state index < -0.39 is 21.9 Å². The summed E-state index contributed by atoms with van der Waals surface area (Å²) in [5.41, 5.74) is 0.758. The van der Waals surface area contributed by atoms with E-state index in [4.69, 9.17) is 11.6 Å². The summed E-state index contributed by atoms with van der Waals surface area (Å²) >= 11 is 6.91. The molecule has 3 aromatic rings. The summed E-state index contributed by atoms with van der Waals surface area (Å²) in [4.78, 5) is 24.5. The van der Waals surface area contributed by atoms with E-state index in [-0.39, 0.29) is 22.1 Å². The molecule has 1 amide bonds. The van der Waals surface area contributed by atoms with Crippen LogP contribution in [-0.2, 0) is 15.0 Å². The first-order chi connectivity index (χ1) is 14.2. The average Bonchev–Trinajstić information content (AvgIpc) is 3.38. The summed E-state index contributed by atoms with van der Waals surface area (Å²) in [6.07, 6.45) is 5.98. The highest BCUT2D eigenvalue weighted by molar-refractivity contribution is 7.88. The summed E-state index contributed by atoms with van der Waals surface area (Å²) in [7, 11) is -2.95. The van der Waals surface area contributed by atoms with Gasteiger partial charge in [0.1, 0.15) is 22.2 Å². The summed E-state index contributed by atoms with van der Waals surface area (Å²) in [6.45, 7) is 0. The number of allylic oxidation sites excluding steroid dienone is 1. The van der Waals surface area contributed by atoms with Crippen molar-refractivity contribution in [3.63, 3.8) is 0 Å². The van der Waals surface area contributed by atoms with E-state index in [2.05, 4.69) is 24.7 Å². The molecule has 1 aliphatic rings. The molecular formula is C17H12ClFN6O3S2. The van der Waals surface area contributed by atoms with Crippen molar-refractivity contribution in [2.45, 2.75) is 0 Å². The number of carbonyl (C=O) groups excluding carboxylic acids is 1. The summed E-state index contributed by atoms with van der Waals surface area (Å²) in [5.74, 6) is -1.38. The van der Waals surface area contributed by atoms with Crippen molar-refractivity contribution in [1.82, 2.24) is 19.3 Å². The fourth-order valence-corrected chi connectivity index (χ4v) is 4.53. The Morgan fingerprint density at radius 1 is 1.33 bits per heavy atom. The SMILES string of the molecule is CN1C(C(=O)Nc2ccc(F)c(Cl)c2)=CC(c2ncc(-c3cnc[nH]3)s2)=NS1(=O)=O. The monoisotopic (exact) mass is 466 g/mol. The number of halogens is 2. The maximum atomic E-state index is 13.3. The molecule has 2 aromatic heterocycles. The van der Waals surface area contributed by atoms with Crippen molar-refractivity contribution in [2.24, 2.45) is 4.40 Å². The van der Waals surface area contributed by atoms with E-state index in [9.17, 15) is 17.6 Å². The van der Waals surface area contributed by atoms with Gasteiger partial charge in [-0.15, -0.1) is 15.7 Å². The summed E-state index contributed by atoms with van der Waals surface area (Å²) in [5, 5.41) is 2.63. The van der Waals surface area contributed by atoms with Crippen LogP contribution in [0.1, 0.15) is 5.01 Å². The van der Waals surface area contributed by atoms with Crippen LogP contribution in [0.2, 0.25) is 5.02 Å². The van der Waals surface area contributed by atoms with Crippen LogP contribution < -0.4 is 5.32 Å². The van der Waals surface area contributed by atoms with Crippen LogP contribution in [0.4, 0.5) is 10.1 Å². The fourth-order valence-electron chi connectivity index (χ4n) is 2.54. The van der Waals surface area contributed by atoms with Gasteiger partial charge in [-0.05, 0) is 24.3 Å². The lowest BCUT2D eigenvalue weighted by atomic mass is 10.2. The number of aromatic amines is 1. The third-order valence-electron chi connectivity index (χ3n) is 4.07. The Kier molecular flexibility index (Phi) is 5.13. The molecule has 1 aliphatic heterocycles. The lowest BCUT2D eigenvalue weighted by Crippen LogP contribution is -2.35. The van der Waals surface area contributed by atoms with Gasteiger partial charge in [-0.2, -0.15) is 8.42 Å². The maximum absolute atomic E-state index is 13.3. The number of likely N-dealkylation sites (N-methyl/N-ethyl adjacent to an activating group) is 1.